The van der Waals surface area contributed by atoms with E-state index in [1.54, 1.807) is 12.1 Å². The summed E-state index contributed by atoms with van der Waals surface area (Å²) in [6, 6.07) is 5.71. The highest BCUT2D eigenvalue weighted by atomic mass is 16.1. The Morgan fingerprint density at radius 1 is 1.24 bits per heavy atom. The quantitative estimate of drug-likeness (QED) is 0.699. The van der Waals surface area contributed by atoms with Crippen LogP contribution in [0.15, 0.2) is 18.2 Å². The van der Waals surface area contributed by atoms with Crippen LogP contribution < -0.4 is 16.8 Å². The van der Waals surface area contributed by atoms with E-state index >= 15 is 0 Å². The number of nitrogens with two attached hydrogens (primary N) is 2. The summed E-state index contributed by atoms with van der Waals surface area (Å²) >= 11 is 0. The number of anilines is 2. The Bertz CT molecular complexity index is 411. The van der Waals surface area contributed by atoms with Gasteiger partial charge < -0.3 is 16.8 Å². The number of nitrogens with one attached hydrogen (secondary N) is 1. The fraction of sp³-hybridized carbons (Fsp3) is 0.462. The summed E-state index contributed by atoms with van der Waals surface area (Å²) < 4.78 is 0. The topological polar surface area (TPSA) is 81.1 Å². The van der Waals surface area contributed by atoms with Gasteiger partial charge in [0.15, 0.2) is 0 Å². The van der Waals surface area contributed by atoms with Crippen molar-refractivity contribution in [3.05, 3.63) is 23.8 Å². The van der Waals surface area contributed by atoms with E-state index in [0.717, 1.165) is 18.5 Å². The molecular weight excluding hydrogens is 214 g/mol. The number of rotatable bonds is 3. The third-order valence-corrected chi connectivity index (χ3v) is 3.27. The van der Waals surface area contributed by atoms with E-state index < -0.39 is 5.91 Å². The zero-order chi connectivity index (χ0) is 12.3. The van der Waals surface area contributed by atoms with Crippen molar-refractivity contribution in [3.8, 4) is 0 Å². The van der Waals surface area contributed by atoms with Crippen molar-refractivity contribution < 1.29 is 4.79 Å². The zero-order valence-electron chi connectivity index (χ0n) is 9.91. The second-order valence-electron chi connectivity index (χ2n) is 4.65. The maximum Gasteiger partial charge on any atom is 0.250 e. The Morgan fingerprint density at radius 2 is 1.94 bits per heavy atom. The molecule has 1 aromatic carbocycles. The molecular formula is C13H19N3O. The summed E-state index contributed by atoms with van der Waals surface area (Å²) in [6.07, 6.45) is 6.12. The Balaban J connectivity index is 2.16. The molecule has 0 radical (unpaired) electrons. The molecule has 1 fully saturated rings. The van der Waals surface area contributed by atoms with Crippen LogP contribution in [0.25, 0.3) is 0 Å². The van der Waals surface area contributed by atoms with E-state index in [4.69, 9.17) is 11.5 Å². The van der Waals surface area contributed by atoms with Gasteiger partial charge in [0, 0.05) is 17.4 Å². The summed E-state index contributed by atoms with van der Waals surface area (Å²) in [7, 11) is 0. The van der Waals surface area contributed by atoms with E-state index in [-0.39, 0.29) is 0 Å². The van der Waals surface area contributed by atoms with Crippen LogP contribution in [-0.4, -0.2) is 11.9 Å². The van der Waals surface area contributed by atoms with Crippen LogP contribution in [0, 0.1) is 0 Å². The lowest BCUT2D eigenvalue weighted by molar-refractivity contribution is 0.100. The van der Waals surface area contributed by atoms with Gasteiger partial charge in [0.2, 0.25) is 0 Å². The van der Waals surface area contributed by atoms with Crippen molar-refractivity contribution >= 4 is 17.3 Å². The summed E-state index contributed by atoms with van der Waals surface area (Å²) in [5, 5.41) is 3.40. The van der Waals surface area contributed by atoms with Crippen molar-refractivity contribution in [2.24, 2.45) is 5.73 Å². The van der Waals surface area contributed by atoms with E-state index in [1.807, 2.05) is 6.07 Å². The average molecular weight is 233 g/mol. The minimum Gasteiger partial charge on any atom is -0.399 e. The Morgan fingerprint density at radius 3 is 2.59 bits per heavy atom. The second kappa shape index (κ2) is 5.08. The van der Waals surface area contributed by atoms with Crippen molar-refractivity contribution in [2.75, 3.05) is 11.1 Å². The van der Waals surface area contributed by atoms with Gasteiger partial charge in [0.05, 0.1) is 5.56 Å². The Kier molecular flexibility index (Phi) is 3.52. The molecule has 1 saturated carbocycles. The molecule has 0 saturated heterocycles. The molecule has 0 spiro atoms. The second-order valence-corrected chi connectivity index (χ2v) is 4.65. The molecule has 0 unspecified atom stereocenters. The minimum absolute atomic E-state index is 0.435. The van der Waals surface area contributed by atoms with E-state index in [9.17, 15) is 4.79 Å². The van der Waals surface area contributed by atoms with Gasteiger partial charge in [-0.25, -0.2) is 0 Å². The normalized spacial score (nSPS) is 16.7. The molecule has 4 heteroatoms. The third kappa shape index (κ3) is 2.90. The molecule has 0 aliphatic heterocycles. The van der Waals surface area contributed by atoms with Crippen molar-refractivity contribution in [1.82, 2.24) is 0 Å². The molecule has 0 atom stereocenters. The van der Waals surface area contributed by atoms with Crippen LogP contribution in [0.4, 0.5) is 11.4 Å². The first-order chi connectivity index (χ1) is 8.16. The number of nitrogen functional groups attached to an aromatic ring is 1. The van der Waals surface area contributed by atoms with Crippen LogP contribution in [0.1, 0.15) is 42.5 Å². The number of hydrogen-bond donors (Lipinski definition) is 3. The maximum atomic E-state index is 11.3. The first-order valence-electron chi connectivity index (χ1n) is 6.12. The first-order valence-corrected chi connectivity index (χ1v) is 6.12. The zero-order valence-corrected chi connectivity index (χ0v) is 9.91. The number of carbonyl (C=O) groups excluding carboxylic acids is 1. The molecule has 1 aromatic rings. The fourth-order valence-corrected chi connectivity index (χ4v) is 2.36. The van der Waals surface area contributed by atoms with E-state index in [1.165, 1.54) is 19.3 Å². The molecule has 0 heterocycles. The number of primary amides is 1. The van der Waals surface area contributed by atoms with Gasteiger partial charge in [0.25, 0.3) is 5.91 Å². The summed E-state index contributed by atoms with van der Waals surface area (Å²) in [4.78, 5) is 11.3. The highest BCUT2D eigenvalue weighted by molar-refractivity contribution is 5.99. The summed E-state index contributed by atoms with van der Waals surface area (Å²) in [5.74, 6) is -0.435. The molecule has 0 bridgehead atoms. The Labute approximate surface area is 101 Å². The lowest BCUT2D eigenvalue weighted by Crippen LogP contribution is -2.24. The van der Waals surface area contributed by atoms with Gasteiger partial charge in [0.1, 0.15) is 0 Å². The third-order valence-electron chi connectivity index (χ3n) is 3.27. The lowest BCUT2D eigenvalue weighted by atomic mass is 9.95. The fourth-order valence-electron chi connectivity index (χ4n) is 2.36. The van der Waals surface area contributed by atoms with Gasteiger partial charge in [-0.05, 0) is 31.0 Å². The molecule has 92 valence electrons. The van der Waals surface area contributed by atoms with Crippen molar-refractivity contribution in [3.63, 3.8) is 0 Å². The van der Waals surface area contributed by atoms with Gasteiger partial charge in [-0.15, -0.1) is 0 Å². The first kappa shape index (κ1) is 11.8. The highest BCUT2D eigenvalue weighted by Crippen LogP contribution is 2.24. The molecule has 1 amide bonds. The predicted molar refractivity (Wildman–Crippen MR) is 69.9 cm³/mol. The molecule has 1 aliphatic carbocycles. The van der Waals surface area contributed by atoms with Crippen LogP contribution in [0.2, 0.25) is 0 Å². The monoisotopic (exact) mass is 233 g/mol. The van der Waals surface area contributed by atoms with E-state index in [0.29, 0.717) is 17.3 Å². The molecule has 0 aromatic heterocycles. The molecule has 17 heavy (non-hydrogen) atoms. The van der Waals surface area contributed by atoms with Gasteiger partial charge in [-0.2, -0.15) is 0 Å². The van der Waals surface area contributed by atoms with Crippen LogP contribution >= 0.6 is 0 Å². The van der Waals surface area contributed by atoms with Crippen molar-refractivity contribution in [1.29, 1.82) is 0 Å². The number of hydrogen-bond acceptors (Lipinski definition) is 3. The van der Waals surface area contributed by atoms with Crippen LogP contribution in [0.3, 0.4) is 0 Å². The van der Waals surface area contributed by atoms with E-state index in [2.05, 4.69) is 5.32 Å². The smallest absolute Gasteiger partial charge is 0.250 e. The number of benzene rings is 1. The van der Waals surface area contributed by atoms with Crippen LogP contribution in [0.5, 0.6) is 0 Å². The summed E-state index contributed by atoms with van der Waals surface area (Å²) in [5.41, 5.74) is 12.9. The molecule has 2 rings (SSSR count). The van der Waals surface area contributed by atoms with Crippen molar-refractivity contribution in [2.45, 2.75) is 38.1 Å². The SMILES string of the molecule is NC(=O)c1cc(N)ccc1NC1CCCCC1. The average Bonchev–Trinajstić information content (AvgIpc) is 2.32. The Hall–Kier alpha value is -1.71. The standard InChI is InChI=1S/C13H19N3O/c14-9-6-7-12(11(8-9)13(15)17)16-10-4-2-1-3-5-10/h6-8,10,16H,1-5,14H2,(H2,15,17). The molecule has 1 aliphatic rings. The highest BCUT2D eigenvalue weighted by Gasteiger charge is 2.16. The number of amides is 1. The lowest BCUT2D eigenvalue weighted by Gasteiger charge is -2.24. The van der Waals surface area contributed by atoms with Crippen LogP contribution in [-0.2, 0) is 0 Å². The molecule has 5 N–H and O–H groups in total. The number of carbonyl (C=O) groups is 1. The largest absolute Gasteiger partial charge is 0.399 e. The minimum atomic E-state index is -0.435. The maximum absolute atomic E-state index is 11.3. The molecule has 4 nitrogen and oxygen atoms in total. The van der Waals surface area contributed by atoms with Gasteiger partial charge >= 0.3 is 0 Å². The predicted octanol–water partition coefficient (Wildman–Crippen LogP) is 2.11. The summed E-state index contributed by atoms with van der Waals surface area (Å²) in [6.45, 7) is 0. The van der Waals surface area contributed by atoms with Gasteiger partial charge in [-0.3, -0.25) is 4.79 Å². The van der Waals surface area contributed by atoms with Gasteiger partial charge in [-0.1, -0.05) is 19.3 Å².